The van der Waals surface area contributed by atoms with E-state index in [0.29, 0.717) is 6.04 Å². The first-order valence-electron chi connectivity index (χ1n) is 4.74. The molecule has 0 radical (unpaired) electrons. The van der Waals surface area contributed by atoms with Gasteiger partial charge in [-0.15, -0.1) is 0 Å². The Hall–Kier alpha value is -0.930. The molecule has 3 heteroatoms. The zero-order valence-corrected chi connectivity index (χ0v) is 7.88. The Morgan fingerprint density at radius 2 is 2.38 bits per heavy atom. The van der Waals surface area contributed by atoms with Crippen molar-refractivity contribution in [1.82, 2.24) is 10.4 Å². The highest BCUT2D eigenvalue weighted by atomic mass is 15.2. The minimum Gasteiger partial charge on any atom is -0.271 e. The second-order valence-electron chi connectivity index (χ2n) is 3.60. The van der Waals surface area contributed by atoms with E-state index in [9.17, 15) is 0 Å². The lowest BCUT2D eigenvalue weighted by Crippen LogP contribution is -2.31. The van der Waals surface area contributed by atoms with E-state index in [-0.39, 0.29) is 0 Å². The Kier molecular flexibility index (Phi) is 2.29. The zero-order valence-electron chi connectivity index (χ0n) is 7.88. The predicted octanol–water partition coefficient (Wildman–Crippen LogP) is 1.23. The molecule has 1 heterocycles. The van der Waals surface area contributed by atoms with Crippen molar-refractivity contribution in [2.45, 2.75) is 32.2 Å². The number of fused-ring (bicyclic) bond motifs is 1. The fourth-order valence-corrected chi connectivity index (χ4v) is 1.94. The Morgan fingerprint density at radius 3 is 3.15 bits per heavy atom. The Labute approximate surface area is 78.3 Å². The first kappa shape index (κ1) is 8.66. The lowest BCUT2D eigenvalue weighted by molar-refractivity contribution is 0.465. The van der Waals surface area contributed by atoms with Gasteiger partial charge >= 0.3 is 0 Å². The van der Waals surface area contributed by atoms with Gasteiger partial charge in [-0.05, 0) is 37.8 Å². The van der Waals surface area contributed by atoms with Crippen molar-refractivity contribution in [3.05, 3.63) is 29.1 Å². The SMILES string of the molecule is Cc1ccc2c(n1)CCCC2NN. The van der Waals surface area contributed by atoms with Gasteiger partial charge in [0.2, 0.25) is 0 Å². The molecule has 0 saturated carbocycles. The third kappa shape index (κ3) is 1.57. The van der Waals surface area contributed by atoms with Gasteiger partial charge in [0.05, 0.1) is 0 Å². The number of aryl methyl sites for hydroxylation is 2. The standard InChI is InChI=1S/C10H15N3/c1-7-5-6-8-9(12-7)3-2-4-10(8)13-11/h5-6,10,13H,2-4,11H2,1H3. The predicted molar refractivity (Wildman–Crippen MR) is 52.0 cm³/mol. The molecule has 0 fully saturated rings. The topological polar surface area (TPSA) is 50.9 Å². The van der Waals surface area contributed by atoms with Crippen LogP contribution in [0.25, 0.3) is 0 Å². The molecule has 1 aromatic rings. The largest absolute Gasteiger partial charge is 0.271 e. The van der Waals surface area contributed by atoms with Crippen molar-refractivity contribution in [1.29, 1.82) is 0 Å². The Bertz CT molecular complexity index is 309. The van der Waals surface area contributed by atoms with Crippen LogP contribution >= 0.6 is 0 Å². The molecule has 0 amide bonds. The first-order valence-corrected chi connectivity index (χ1v) is 4.74. The molecular weight excluding hydrogens is 162 g/mol. The highest BCUT2D eigenvalue weighted by molar-refractivity contribution is 5.28. The highest BCUT2D eigenvalue weighted by Crippen LogP contribution is 2.27. The van der Waals surface area contributed by atoms with E-state index >= 15 is 0 Å². The molecule has 1 aliphatic rings. The van der Waals surface area contributed by atoms with Crippen LogP contribution in [-0.2, 0) is 6.42 Å². The second kappa shape index (κ2) is 3.44. The Morgan fingerprint density at radius 1 is 1.54 bits per heavy atom. The van der Waals surface area contributed by atoms with Crippen LogP contribution in [-0.4, -0.2) is 4.98 Å². The second-order valence-corrected chi connectivity index (χ2v) is 3.60. The molecule has 0 aromatic carbocycles. The number of aromatic nitrogens is 1. The number of rotatable bonds is 1. The van der Waals surface area contributed by atoms with E-state index in [1.165, 1.54) is 17.7 Å². The van der Waals surface area contributed by atoms with Crippen molar-refractivity contribution in [3.63, 3.8) is 0 Å². The van der Waals surface area contributed by atoms with Gasteiger partial charge < -0.3 is 0 Å². The number of hydrazine groups is 1. The van der Waals surface area contributed by atoms with Crippen LogP contribution in [0.1, 0.15) is 35.8 Å². The van der Waals surface area contributed by atoms with Gasteiger partial charge in [0.1, 0.15) is 0 Å². The number of hydrogen-bond acceptors (Lipinski definition) is 3. The molecule has 13 heavy (non-hydrogen) atoms. The van der Waals surface area contributed by atoms with E-state index in [1.807, 2.05) is 6.92 Å². The average molecular weight is 177 g/mol. The molecule has 70 valence electrons. The van der Waals surface area contributed by atoms with Crippen LogP contribution in [0, 0.1) is 6.92 Å². The molecule has 1 aromatic heterocycles. The van der Waals surface area contributed by atoms with Crippen LogP contribution in [0.2, 0.25) is 0 Å². The van der Waals surface area contributed by atoms with E-state index in [4.69, 9.17) is 5.84 Å². The summed E-state index contributed by atoms with van der Waals surface area (Å²) in [7, 11) is 0. The average Bonchev–Trinajstić information content (AvgIpc) is 2.16. The highest BCUT2D eigenvalue weighted by Gasteiger charge is 2.19. The number of hydrogen-bond donors (Lipinski definition) is 2. The van der Waals surface area contributed by atoms with Gasteiger partial charge in [-0.25, -0.2) is 0 Å². The number of nitrogens with two attached hydrogens (primary N) is 1. The Balaban J connectivity index is 2.40. The molecule has 2 rings (SSSR count). The molecule has 3 nitrogen and oxygen atoms in total. The monoisotopic (exact) mass is 177 g/mol. The van der Waals surface area contributed by atoms with E-state index in [2.05, 4.69) is 22.5 Å². The van der Waals surface area contributed by atoms with Gasteiger partial charge in [0, 0.05) is 17.4 Å². The third-order valence-electron chi connectivity index (χ3n) is 2.63. The van der Waals surface area contributed by atoms with Crippen molar-refractivity contribution >= 4 is 0 Å². The summed E-state index contributed by atoms with van der Waals surface area (Å²) in [6.07, 6.45) is 3.39. The summed E-state index contributed by atoms with van der Waals surface area (Å²) in [6, 6.07) is 4.49. The molecular formula is C10H15N3. The van der Waals surface area contributed by atoms with Gasteiger partial charge in [-0.1, -0.05) is 6.07 Å². The smallest absolute Gasteiger partial charge is 0.0478 e. The molecule has 0 bridgehead atoms. The van der Waals surface area contributed by atoms with Crippen molar-refractivity contribution in [2.24, 2.45) is 5.84 Å². The number of pyridine rings is 1. The summed E-state index contributed by atoms with van der Waals surface area (Å²) in [5, 5.41) is 0. The zero-order chi connectivity index (χ0) is 9.26. The van der Waals surface area contributed by atoms with Gasteiger partial charge in [-0.2, -0.15) is 0 Å². The molecule has 0 spiro atoms. The van der Waals surface area contributed by atoms with Gasteiger partial charge in [0.15, 0.2) is 0 Å². The van der Waals surface area contributed by atoms with Crippen molar-refractivity contribution in [2.75, 3.05) is 0 Å². The molecule has 1 atom stereocenters. The summed E-state index contributed by atoms with van der Waals surface area (Å²) in [5.41, 5.74) is 6.43. The maximum atomic E-state index is 5.48. The molecule has 0 saturated heterocycles. The molecule has 0 aliphatic heterocycles. The van der Waals surface area contributed by atoms with Crippen LogP contribution in [0.15, 0.2) is 12.1 Å². The van der Waals surface area contributed by atoms with E-state index in [0.717, 1.165) is 18.5 Å². The summed E-state index contributed by atoms with van der Waals surface area (Å²) in [6.45, 7) is 2.03. The lowest BCUT2D eigenvalue weighted by Gasteiger charge is -2.23. The molecule has 1 unspecified atom stereocenters. The quantitative estimate of drug-likeness (QED) is 0.501. The van der Waals surface area contributed by atoms with Crippen LogP contribution < -0.4 is 11.3 Å². The van der Waals surface area contributed by atoms with Crippen LogP contribution in [0.3, 0.4) is 0 Å². The first-order chi connectivity index (χ1) is 6.31. The summed E-state index contributed by atoms with van der Waals surface area (Å²) in [4.78, 5) is 4.52. The fourth-order valence-electron chi connectivity index (χ4n) is 1.94. The van der Waals surface area contributed by atoms with E-state index < -0.39 is 0 Å². The van der Waals surface area contributed by atoms with Crippen LogP contribution in [0.5, 0.6) is 0 Å². The molecule has 1 aliphatic carbocycles. The number of nitrogens with zero attached hydrogens (tertiary/aromatic N) is 1. The summed E-state index contributed by atoms with van der Waals surface area (Å²) in [5.74, 6) is 5.48. The molecule has 3 N–H and O–H groups in total. The van der Waals surface area contributed by atoms with Gasteiger partial charge in [0.25, 0.3) is 0 Å². The fraction of sp³-hybridized carbons (Fsp3) is 0.500. The minimum atomic E-state index is 0.303. The third-order valence-corrected chi connectivity index (χ3v) is 2.63. The maximum Gasteiger partial charge on any atom is 0.0478 e. The van der Waals surface area contributed by atoms with E-state index in [1.54, 1.807) is 0 Å². The van der Waals surface area contributed by atoms with Crippen molar-refractivity contribution < 1.29 is 0 Å². The minimum absolute atomic E-state index is 0.303. The van der Waals surface area contributed by atoms with Gasteiger partial charge in [-0.3, -0.25) is 16.3 Å². The normalized spacial score (nSPS) is 21.2. The lowest BCUT2D eigenvalue weighted by atomic mass is 9.91. The van der Waals surface area contributed by atoms with Crippen LogP contribution in [0.4, 0.5) is 0 Å². The summed E-state index contributed by atoms with van der Waals surface area (Å²) < 4.78 is 0. The number of nitrogens with one attached hydrogen (secondary N) is 1. The van der Waals surface area contributed by atoms with Crippen molar-refractivity contribution in [3.8, 4) is 0 Å². The maximum absolute atomic E-state index is 5.48. The summed E-state index contributed by atoms with van der Waals surface area (Å²) >= 11 is 0.